The summed E-state index contributed by atoms with van der Waals surface area (Å²) in [6.45, 7) is 2.00. The second-order valence-corrected chi connectivity index (χ2v) is 8.68. The highest BCUT2D eigenvalue weighted by molar-refractivity contribution is 5.98. The summed E-state index contributed by atoms with van der Waals surface area (Å²) < 4.78 is 52.9. The lowest BCUT2D eigenvalue weighted by Crippen LogP contribution is -2.56. The second-order valence-electron chi connectivity index (χ2n) is 8.68. The summed E-state index contributed by atoms with van der Waals surface area (Å²) in [4.78, 5) is 29.1. The fourth-order valence-corrected chi connectivity index (χ4v) is 4.28. The fourth-order valence-electron chi connectivity index (χ4n) is 4.28. The van der Waals surface area contributed by atoms with E-state index in [1.807, 2.05) is 0 Å². The molecule has 0 unspecified atom stereocenters. The van der Waals surface area contributed by atoms with Crippen LogP contribution in [0.3, 0.4) is 0 Å². The quantitative estimate of drug-likeness (QED) is 0.474. The van der Waals surface area contributed by atoms with Crippen LogP contribution in [0.25, 0.3) is 0 Å². The van der Waals surface area contributed by atoms with E-state index >= 15 is 0 Å². The molecule has 0 spiro atoms. The number of halogens is 3. The largest absolute Gasteiger partial charge is 0.573 e. The number of rotatable bonds is 10. The van der Waals surface area contributed by atoms with E-state index in [-0.39, 0.29) is 41.5 Å². The number of aromatic nitrogens is 1. The molecule has 8 nitrogen and oxygen atoms in total. The van der Waals surface area contributed by atoms with Crippen LogP contribution in [0.5, 0.6) is 17.4 Å². The zero-order chi connectivity index (χ0) is 26.3. The first-order valence-corrected chi connectivity index (χ1v) is 11.6. The first-order valence-electron chi connectivity index (χ1n) is 11.6. The Morgan fingerprint density at radius 2 is 1.89 bits per heavy atom. The molecule has 1 aromatic heterocycles. The molecule has 0 bridgehead atoms. The molecule has 1 saturated carbocycles. The van der Waals surface area contributed by atoms with E-state index in [0.717, 1.165) is 6.42 Å². The van der Waals surface area contributed by atoms with Gasteiger partial charge in [-0.1, -0.05) is 31.5 Å². The van der Waals surface area contributed by atoms with Crippen molar-refractivity contribution in [1.82, 2.24) is 10.3 Å². The number of nitrogens with one attached hydrogen (secondary N) is 1. The topological polar surface area (TPSA) is 107 Å². The van der Waals surface area contributed by atoms with Crippen LogP contribution in [-0.2, 0) is 11.2 Å². The third-order valence-corrected chi connectivity index (χ3v) is 6.40. The van der Waals surface area contributed by atoms with Gasteiger partial charge in [-0.15, -0.1) is 13.2 Å². The van der Waals surface area contributed by atoms with Crippen molar-refractivity contribution in [3.8, 4) is 17.4 Å². The zero-order valence-electron chi connectivity index (χ0n) is 20.1. The zero-order valence-corrected chi connectivity index (χ0v) is 20.1. The molecule has 11 heteroatoms. The number of aliphatic carboxylic acids is 1. The lowest BCUT2D eigenvalue weighted by atomic mass is 9.75. The number of hydrogen-bond donors (Lipinski definition) is 2. The molecule has 0 aliphatic heterocycles. The summed E-state index contributed by atoms with van der Waals surface area (Å²) >= 11 is 0. The highest BCUT2D eigenvalue weighted by Gasteiger charge is 2.43. The molecule has 3 rings (SSSR count). The van der Waals surface area contributed by atoms with E-state index in [1.165, 1.54) is 37.6 Å². The lowest BCUT2D eigenvalue weighted by molar-refractivity contribution is -0.274. The molecule has 1 amide bonds. The number of alkyl halides is 3. The molecule has 1 fully saturated rings. The van der Waals surface area contributed by atoms with Gasteiger partial charge in [-0.2, -0.15) is 0 Å². The third kappa shape index (κ3) is 6.79. The Morgan fingerprint density at radius 1 is 1.19 bits per heavy atom. The number of carbonyl (C=O) groups excluding carboxylic acids is 1. The molecule has 36 heavy (non-hydrogen) atoms. The normalized spacial score (nSPS) is 19.9. The van der Waals surface area contributed by atoms with Crippen molar-refractivity contribution in [2.24, 2.45) is 5.92 Å². The Labute approximate surface area is 206 Å². The minimum absolute atomic E-state index is 0.0567. The van der Waals surface area contributed by atoms with Crippen molar-refractivity contribution < 1.29 is 42.1 Å². The smallest absolute Gasteiger partial charge is 0.488 e. The number of para-hydroxylation sites is 1. The molecule has 1 aromatic carbocycles. The van der Waals surface area contributed by atoms with Crippen molar-refractivity contribution >= 4 is 11.9 Å². The number of benzene rings is 1. The number of carboxylic acid groups (broad SMARTS) is 1. The minimum atomic E-state index is -4.82. The molecule has 2 N–H and O–H groups in total. The number of nitrogens with zero attached hydrogens (tertiary/aromatic N) is 1. The van der Waals surface area contributed by atoms with Crippen LogP contribution in [0, 0.1) is 5.92 Å². The van der Waals surface area contributed by atoms with Gasteiger partial charge in [0.2, 0.25) is 0 Å². The number of pyridine rings is 1. The molecule has 0 radical (unpaired) electrons. The van der Waals surface area contributed by atoms with Gasteiger partial charge in [-0.05, 0) is 43.2 Å². The van der Waals surface area contributed by atoms with Gasteiger partial charge in [0.1, 0.15) is 11.3 Å². The van der Waals surface area contributed by atoms with E-state index in [4.69, 9.17) is 9.47 Å². The van der Waals surface area contributed by atoms with Gasteiger partial charge in [-0.3, -0.25) is 4.79 Å². The van der Waals surface area contributed by atoms with Crippen molar-refractivity contribution in [1.29, 1.82) is 0 Å². The number of hydrogen-bond acceptors (Lipinski definition) is 6. The van der Waals surface area contributed by atoms with Crippen molar-refractivity contribution in [2.75, 3.05) is 13.7 Å². The van der Waals surface area contributed by atoms with Crippen LogP contribution in [0.15, 0.2) is 36.5 Å². The molecule has 0 saturated heterocycles. The number of methoxy groups -OCH3 is 1. The summed E-state index contributed by atoms with van der Waals surface area (Å²) in [6.07, 6.45) is -0.463. The summed E-state index contributed by atoms with van der Waals surface area (Å²) in [5.41, 5.74) is -1.00. The van der Waals surface area contributed by atoms with Gasteiger partial charge in [-0.25, -0.2) is 9.78 Å². The van der Waals surface area contributed by atoms with Crippen LogP contribution < -0.4 is 19.5 Å². The average Bonchev–Trinajstić information content (AvgIpc) is 2.84. The van der Waals surface area contributed by atoms with E-state index in [2.05, 4.69) is 22.0 Å². The molecule has 196 valence electrons. The van der Waals surface area contributed by atoms with Crippen LogP contribution >= 0.6 is 0 Å². The van der Waals surface area contributed by atoms with Gasteiger partial charge >= 0.3 is 12.3 Å². The van der Waals surface area contributed by atoms with Crippen LogP contribution in [0.4, 0.5) is 13.2 Å². The van der Waals surface area contributed by atoms with Crippen LogP contribution in [0.2, 0.25) is 0 Å². The van der Waals surface area contributed by atoms with Crippen molar-refractivity contribution in [3.05, 3.63) is 47.7 Å². The number of ether oxygens (including phenoxy) is 3. The molecule has 0 atom stereocenters. The highest BCUT2D eigenvalue weighted by Crippen LogP contribution is 2.35. The number of carboxylic acids is 1. The van der Waals surface area contributed by atoms with Gasteiger partial charge in [0.25, 0.3) is 11.8 Å². The van der Waals surface area contributed by atoms with Crippen molar-refractivity contribution in [3.63, 3.8) is 0 Å². The van der Waals surface area contributed by atoms with Gasteiger partial charge < -0.3 is 24.6 Å². The first kappa shape index (κ1) is 27.1. The fraction of sp³-hybridized carbons (Fsp3) is 0.480. The molecular weight excluding hydrogens is 481 g/mol. The van der Waals surface area contributed by atoms with E-state index in [9.17, 15) is 27.9 Å². The summed E-state index contributed by atoms with van der Waals surface area (Å²) in [5.74, 6) is -1.42. The number of carbonyl (C=O) groups is 2. The van der Waals surface area contributed by atoms with Crippen LogP contribution in [0.1, 0.15) is 54.9 Å². The van der Waals surface area contributed by atoms with Gasteiger partial charge in [0, 0.05) is 18.7 Å². The Morgan fingerprint density at radius 3 is 2.50 bits per heavy atom. The van der Waals surface area contributed by atoms with Crippen molar-refractivity contribution in [2.45, 2.75) is 57.3 Å². The lowest BCUT2D eigenvalue weighted by Gasteiger charge is -2.37. The van der Waals surface area contributed by atoms with E-state index < -0.39 is 23.8 Å². The summed E-state index contributed by atoms with van der Waals surface area (Å²) in [6, 6.07) is 7.08. The number of amides is 1. The highest BCUT2D eigenvalue weighted by atomic mass is 19.4. The monoisotopic (exact) mass is 510 g/mol. The second kappa shape index (κ2) is 11.5. The van der Waals surface area contributed by atoms with E-state index in [0.29, 0.717) is 31.6 Å². The SMILES string of the molecule is CCC1CCC(NC(=O)c2cnc(OC)c(OCCc3ccccc3OC(F)(F)F)c2)(C(=O)O)CC1. The maximum atomic E-state index is 13.0. The Bertz CT molecular complexity index is 1070. The predicted molar refractivity (Wildman–Crippen MR) is 123 cm³/mol. The Balaban J connectivity index is 1.71. The molecule has 1 aliphatic carbocycles. The molecule has 1 heterocycles. The maximum Gasteiger partial charge on any atom is 0.573 e. The maximum absolute atomic E-state index is 13.0. The molecule has 1 aliphatic rings. The average molecular weight is 511 g/mol. The Hall–Kier alpha value is -3.50. The van der Waals surface area contributed by atoms with E-state index in [1.54, 1.807) is 6.07 Å². The minimum Gasteiger partial charge on any atom is -0.488 e. The third-order valence-electron chi connectivity index (χ3n) is 6.40. The standard InChI is InChI=1S/C25H29F3N2O6/c1-3-16-8-11-24(12-9-16,23(32)33)30-21(31)18-14-20(22(34-2)29-15-18)35-13-10-17-6-4-5-7-19(17)36-25(26,27)28/h4-7,14-16H,3,8-13H2,1-2H3,(H,30,31)(H,32,33). The summed E-state index contributed by atoms with van der Waals surface area (Å²) in [7, 11) is 1.35. The molecule has 2 aromatic rings. The van der Waals surface area contributed by atoms with Crippen LogP contribution in [-0.4, -0.2) is 47.6 Å². The first-order chi connectivity index (χ1) is 17.1. The van der Waals surface area contributed by atoms with Gasteiger partial charge in [0.05, 0.1) is 19.3 Å². The summed E-state index contributed by atoms with van der Waals surface area (Å²) in [5, 5.41) is 12.5. The Kier molecular flexibility index (Phi) is 8.65. The molecular formula is C25H29F3N2O6. The predicted octanol–water partition coefficient (Wildman–Crippen LogP) is 4.76. The van der Waals surface area contributed by atoms with Gasteiger partial charge in [0.15, 0.2) is 5.75 Å².